The van der Waals surface area contributed by atoms with Crippen molar-refractivity contribution in [3.8, 4) is 6.07 Å². The molecule has 11 atom stereocenters. The Bertz CT molecular complexity index is 3000. The van der Waals surface area contributed by atoms with E-state index in [0.29, 0.717) is 18.6 Å². The van der Waals surface area contributed by atoms with E-state index < -0.39 is 124 Å². The number of aromatic nitrogens is 8. The van der Waals surface area contributed by atoms with Crippen molar-refractivity contribution in [2.24, 2.45) is 0 Å². The van der Waals surface area contributed by atoms with E-state index in [1.807, 2.05) is 39.9 Å². The van der Waals surface area contributed by atoms with E-state index in [-0.39, 0.29) is 39.6 Å². The molecule has 3 N–H and O–H groups in total. The van der Waals surface area contributed by atoms with Gasteiger partial charge in [0.05, 0.1) is 51.3 Å². The van der Waals surface area contributed by atoms with Crippen molar-refractivity contribution in [3.63, 3.8) is 0 Å². The number of benzene rings is 1. The summed E-state index contributed by atoms with van der Waals surface area (Å²) in [6.45, 7) is 19.4. The molecule has 0 aliphatic carbocycles. The fourth-order valence-electron chi connectivity index (χ4n) is 8.42. The van der Waals surface area contributed by atoms with E-state index in [2.05, 4.69) is 69.1 Å². The minimum Gasteiger partial charge on any atom is -0.408 e. The van der Waals surface area contributed by atoms with Gasteiger partial charge in [0.15, 0.2) is 63.5 Å². The maximum atomic E-state index is 15.6. The van der Waals surface area contributed by atoms with Crippen LogP contribution >= 0.6 is 16.1 Å². The average Bonchev–Trinajstić information content (AvgIpc) is 4.17. The number of nitrogens with one attached hydrogen (secondary N) is 2. The van der Waals surface area contributed by atoms with Gasteiger partial charge in [0.25, 0.3) is 11.5 Å². The van der Waals surface area contributed by atoms with Crippen LogP contribution in [-0.4, -0.2) is 136 Å². The zero-order valence-corrected chi connectivity index (χ0v) is 48.1. The van der Waals surface area contributed by atoms with Gasteiger partial charge in [-0.05, 0) is 67.7 Å². The monoisotopic (exact) mass is 1130 g/mol. The van der Waals surface area contributed by atoms with Gasteiger partial charge in [0.2, 0.25) is 0 Å². The van der Waals surface area contributed by atoms with Gasteiger partial charge in [-0.3, -0.25) is 36.9 Å². The van der Waals surface area contributed by atoms with Crippen molar-refractivity contribution >= 4 is 66.8 Å². The van der Waals surface area contributed by atoms with Gasteiger partial charge >= 0.3 is 16.1 Å². The van der Waals surface area contributed by atoms with E-state index in [4.69, 9.17) is 45.9 Å². The van der Waals surface area contributed by atoms with Gasteiger partial charge < -0.3 is 47.5 Å². The molecule has 5 aromatic rings. The van der Waals surface area contributed by atoms with Crippen molar-refractivity contribution in [1.29, 1.82) is 5.26 Å². The van der Waals surface area contributed by atoms with E-state index in [1.165, 1.54) is 25.3 Å². The van der Waals surface area contributed by atoms with Gasteiger partial charge in [-0.25, -0.2) is 29.5 Å². The fraction of sp³-hybridized carbons (Fsp3) is 0.617. The predicted molar refractivity (Wildman–Crippen MR) is 280 cm³/mol. The van der Waals surface area contributed by atoms with Crippen LogP contribution in [0.3, 0.4) is 0 Å². The Morgan fingerprint density at radius 3 is 2.13 bits per heavy atom. The van der Waals surface area contributed by atoms with Gasteiger partial charge in [0.1, 0.15) is 43.0 Å². The number of H-pyrrole nitrogens is 1. The Morgan fingerprint density at radius 1 is 0.868 bits per heavy atom. The second-order valence-corrected chi connectivity index (χ2v) is 33.7. The Hall–Kier alpha value is -4.47. The quantitative estimate of drug-likeness (QED) is 0.0363. The molecule has 0 saturated carbocycles. The second-order valence-electron chi connectivity index (χ2n) is 21.8. The van der Waals surface area contributed by atoms with Crippen LogP contribution < -0.4 is 10.9 Å². The average molecular weight is 1130 g/mol. The summed E-state index contributed by atoms with van der Waals surface area (Å²) in [6, 6.07) is 10.6. The number of carbonyl (C=O) groups excluding carboxylic acids is 1. The highest BCUT2D eigenvalue weighted by molar-refractivity contribution is 7.48. The predicted octanol–water partition coefficient (Wildman–Crippen LogP) is 7.54. The lowest BCUT2D eigenvalue weighted by Crippen LogP contribution is -2.51. The minimum absolute atomic E-state index is 0.0621. The number of rotatable bonds is 21. The fourth-order valence-corrected chi connectivity index (χ4v) is 12.7. The molecule has 1 aromatic carbocycles. The summed E-state index contributed by atoms with van der Waals surface area (Å²) in [6.07, 6.45) is -2.35. The van der Waals surface area contributed by atoms with Crippen molar-refractivity contribution < 1.29 is 64.7 Å². The van der Waals surface area contributed by atoms with Gasteiger partial charge in [-0.1, -0.05) is 59.7 Å². The summed E-state index contributed by atoms with van der Waals surface area (Å²) in [5.74, 6) is -0.338. The molecule has 0 bridgehead atoms. The third-order valence-electron chi connectivity index (χ3n) is 14.5. The molecule has 76 heavy (non-hydrogen) atoms. The number of imidazole rings is 2. The van der Waals surface area contributed by atoms with Crippen LogP contribution in [0.4, 0.5) is 5.82 Å². The number of aromatic amines is 1. The number of hydrogen-bond donors (Lipinski definition) is 3. The Kier molecular flexibility index (Phi) is 17.8. The number of anilines is 1. The van der Waals surface area contributed by atoms with E-state index in [0.717, 1.165) is 12.8 Å². The molecule has 0 radical (unpaired) electrons. The molecule has 3 aliphatic heterocycles. The van der Waals surface area contributed by atoms with E-state index in [1.54, 1.807) is 39.5 Å². The topological polar surface area (TPSA) is 307 Å². The van der Waals surface area contributed by atoms with Crippen LogP contribution in [0.5, 0.6) is 0 Å². The summed E-state index contributed by atoms with van der Waals surface area (Å²) < 4.78 is 96.0. The molecule has 3 saturated heterocycles. The molecule has 1 amide bonds. The highest BCUT2D eigenvalue weighted by atomic mass is 31.2. The summed E-state index contributed by atoms with van der Waals surface area (Å²) >= 11 is 0. The number of nitrogens with zero attached hydrogens (tertiary/aromatic N) is 8. The molecular formula is C47H68N10O15P2Si2. The number of carbonyl (C=O) groups is 1. The number of fused-ring (bicyclic) bond motifs is 2. The molecule has 25 nitrogen and oxygen atoms in total. The smallest absolute Gasteiger partial charge is 0.408 e. The lowest BCUT2D eigenvalue weighted by molar-refractivity contribution is -0.214. The first kappa shape index (κ1) is 57.7. The first-order valence-electron chi connectivity index (χ1n) is 25.1. The standard InChI is InChI=1S/C47H68N10O15P2Si2/c1-46(2,3)75(7,8)71-36-31(68-44(37(36)69-32-19-14-15-21-63-32)57-28-54-34-41(57)51-26-52-43(34)59)24-66-74(62,65-22-16-20-48)70-35-30(23-64-73(60)61)67-45(38(35)72-76(9,10)47(4,5)6)56-27-53-33-39(49-25-50-40(33)56)55-42(58)29-17-12-11-13-18-29/h11-13,17-18,25-28,30-32,35-38,44-45,73H,14-16,19,21-24H2,1-10H3,(H,60,61)(H,51,52,59)(H,49,50,55,58)/t30?,31?,32?,35-,36-,37-,38-,44?,45?,74?/m1/s1. The van der Waals surface area contributed by atoms with E-state index >= 15 is 4.57 Å². The Morgan fingerprint density at radius 2 is 1.50 bits per heavy atom. The lowest BCUT2D eigenvalue weighted by Gasteiger charge is -2.41. The third-order valence-corrected chi connectivity index (χ3v) is 25.3. The van der Waals surface area contributed by atoms with Gasteiger partial charge in [-0.2, -0.15) is 5.26 Å². The molecule has 7 heterocycles. The molecule has 29 heteroatoms. The zero-order valence-electron chi connectivity index (χ0n) is 44.2. The molecule has 3 aliphatic rings. The molecule has 4 aromatic heterocycles. The Labute approximate surface area is 442 Å². The van der Waals surface area contributed by atoms with E-state index in [9.17, 15) is 24.3 Å². The van der Waals surface area contributed by atoms with Crippen LogP contribution in [0.15, 0.2) is 60.4 Å². The minimum atomic E-state index is -4.92. The lowest BCUT2D eigenvalue weighted by atomic mass is 10.1. The molecule has 3 fully saturated rings. The normalized spacial score (nSPS) is 25.9. The zero-order chi connectivity index (χ0) is 54.8. The SMILES string of the molecule is CC(C)(C)[Si](C)(C)O[C@@H]1C(COP(=O)(OCCC#N)O[C@@H]2C(CO[PH](=O)O)OC(n3cnc4c(NC(=O)c5ccccc5)ncnc43)[C@@H]2O[Si](C)(C)C(C)(C)C)OC(n2cnc3c(=O)[nH]cnc32)[C@@H]1OC1CCCCO1. The van der Waals surface area contributed by atoms with Crippen LogP contribution in [0.1, 0.15) is 90.0 Å². The molecule has 8 rings (SSSR count). The molecular weight excluding hydrogens is 1060 g/mol. The highest BCUT2D eigenvalue weighted by Crippen LogP contribution is 2.56. The maximum Gasteiger partial charge on any atom is 0.475 e. The number of hydrogen-bond acceptors (Lipinski definition) is 20. The van der Waals surface area contributed by atoms with Crippen LogP contribution in [0.2, 0.25) is 36.3 Å². The van der Waals surface area contributed by atoms with Gasteiger partial charge in [0, 0.05) is 12.2 Å². The summed E-state index contributed by atoms with van der Waals surface area (Å²) in [5.41, 5.74) is 0.586. The van der Waals surface area contributed by atoms with Crippen LogP contribution in [0, 0.1) is 11.3 Å². The number of amides is 1. The number of ether oxygens (including phenoxy) is 4. The summed E-state index contributed by atoms with van der Waals surface area (Å²) in [4.78, 5) is 61.0. The first-order valence-corrected chi connectivity index (χ1v) is 33.6. The summed E-state index contributed by atoms with van der Waals surface area (Å²) in [5, 5.41) is 11.7. The molecule has 0 spiro atoms. The largest absolute Gasteiger partial charge is 0.475 e. The van der Waals surface area contributed by atoms with Crippen LogP contribution in [0.25, 0.3) is 22.3 Å². The van der Waals surface area contributed by atoms with Crippen molar-refractivity contribution in [1.82, 2.24) is 39.0 Å². The number of phosphoric ester groups is 1. The van der Waals surface area contributed by atoms with Crippen LogP contribution in [-0.2, 0) is 55.0 Å². The van der Waals surface area contributed by atoms with Gasteiger partial charge in [-0.15, -0.1) is 0 Å². The van der Waals surface area contributed by atoms with Crippen molar-refractivity contribution in [3.05, 3.63) is 71.6 Å². The second kappa shape index (κ2) is 23.5. The highest BCUT2D eigenvalue weighted by Gasteiger charge is 2.57. The molecule has 7 unspecified atom stereocenters. The van der Waals surface area contributed by atoms with Crippen molar-refractivity contribution in [2.75, 3.05) is 31.7 Å². The number of nitriles is 1. The van der Waals surface area contributed by atoms with Crippen molar-refractivity contribution in [2.45, 2.75) is 159 Å². The molecule has 414 valence electrons. The summed E-state index contributed by atoms with van der Waals surface area (Å²) in [7, 11) is -14.1. The number of phosphoric acid groups is 1. The third kappa shape index (κ3) is 12.8. The maximum absolute atomic E-state index is 15.6. The Balaban J connectivity index is 1.18. The first-order chi connectivity index (χ1) is 35.9.